The Morgan fingerprint density at radius 3 is 2.76 bits per heavy atom. The molecule has 0 aliphatic rings. The molecule has 0 aliphatic heterocycles. The zero-order valence-electron chi connectivity index (χ0n) is 10.7. The van der Waals surface area contributed by atoms with Crippen molar-refractivity contribution >= 4 is 44.3 Å². The molecule has 0 aliphatic carbocycles. The first-order valence-corrected chi connectivity index (χ1v) is 7.37. The minimum Gasteiger partial charge on any atom is -0.452 e. The van der Waals surface area contributed by atoms with Crippen LogP contribution in [-0.2, 0) is 6.42 Å². The Morgan fingerprint density at radius 2 is 2.00 bits per heavy atom. The van der Waals surface area contributed by atoms with Gasteiger partial charge in [0.15, 0.2) is 5.76 Å². The molecule has 0 saturated carbocycles. The van der Waals surface area contributed by atoms with E-state index in [0.29, 0.717) is 5.58 Å². The number of benzene rings is 2. The second-order valence-electron chi connectivity index (χ2n) is 4.58. The van der Waals surface area contributed by atoms with Gasteiger partial charge in [0.25, 0.3) is 0 Å². The van der Waals surface area contributed by atoms with Crippen LogP contribution in [0.1, 0.15) is 16.1 Å². The highest BCUT2D eigenvalue weighted by Gasteiger charge is 2.17. The maximum Gasteiger partial charge on any atom is 0.202 e. The number of carbonyl (C=O) groups excluding carboxylic acids is 1. The minimum atomic E-state index is -0.565. The molecule has 0 bridgehead atoms. The van der Waals surface area contributed by atoms with Crippen molar-refractivity contribution in [1.29, 1.82) is 0 Å². The van der Waals surface area contributed by atoms with Crippen LogP contribution in [-0.4, -0.2) is 5.78 Å². The molecule has 21 heavy (non-hydrogen) atoms. The number of hydrogen-bond acceptors (Lipinski definition) is 2. The summed E-state index contributed by atoms with van der Waals surface area (Å²) < 4.78 is 20.1. The Morgan fingerprint density at radius 1 is 1.24 bits per heavy atom. The molecule has 0 amide bonds. The van der Waals surface area contributed by atoms with Gasteiger partial charge in [-0.2, -0.15) is 0 Å². The second kappa shape index (κ2) is 5.62. The predicted molar refractivity (Wildman–Crippen MR) is 83.4 cm³/mol. The first kappa shape index (κ1) is 14.3. The maximum absolute atomic E-state index is 13.8. The van der Waals surface area contributed by atoms with Crippen LogP contribution in [0, 0.1) is 5.82 Å². The van der Waals surface area contributed by atoms with Gasteiger partial charge < -0.3 is 4.42 Å². The van der Waals surface area contributed by atoms with Crippen molar-refractivity contribution in [2.75, 3.05) is 0 Å². The molecule has 0 spiro atoms. The van der Waals surface area contributed by atoms with Crippen molar-refractivity contribution in [2.24, 2.45) is 0 Å². The number of fused-ring (bicyclic) bond motifs is 1. The van der Waals surface area contributed by atoms with Gasteiger partial charge in [-0.05, 0) is 39.7 Å². The number of rotatable bonds is 3. The molecule has 0 saturated heterocycles. The largest absolute Gasteiger partial charge is 0.452 e. The number of para-hydroxylation sites is 1. The summed E-state index contributed by atoms with van der Waals surface area (Å²) in [5, 5.41) is 0.826. The summed E-state index contributed by atoms with van der Waals surface area (Å²) in [4.78, 5) is 12.2. The van der Waals surface area contributed by atoms with Crippen LogP contribution in [0.2, 0.25) is 5.02 Å². The van der Waals surface area contributed by atoms with Gasteiger partial charge >= 0.3 is 0 Å². The van der Waals surface area contributed by atoms with E-state index in [1.54, 1.807) is 12.1 Å². The topological polar surface area (TPSA) is 30.2 Å². The van der Waals surface area contributed by atoms with Gasteiger partial charge in [0.2, 0.25) is 5.78 Å². The molecule has 1 heterocycles. The number of halogens is 3. The molecule has 0 N–H and O–H groups in total. The average molecular weight is 368 g/mol. The fourth-order valence-corrected chi connectivity index (χ4v) is 2.77. The SMILES string of the molecule is O=C(Cc1cccc(Cl)c1F)c1cc2cccc(Br)c2o1. The van der Waals surface area contributed by atoms with E-state index in [0.717, 1.165) is 9.86 Å². The first-order chi connectivity index (χ1) is 10.1. The van der Waals surface area contributed by atoms with E-state index in [9.17, 15) is 9.18 Å². The molecule has 1 aromatic heterocycles. The molecule has 0 radical (unpaired) electrons. The standard InChI is InChI=1S/C16H9BrClFO2/c17-11-5-1-4-10-8-14(21-16(10)11)13(20)7-9-3-2-6-12(18)15(9)19/h1-6,8H,7H2. The Kier molecular flexibility index (Phi) is 3.83. The third-order valence-electron chi connectivity index (χ3n) is 3.15. The van der Waals surface area contributed by atoms with Crippen LogP contribution in [0.4, 0.5) is 4.39 Å². The van der Waals surface area contributed by atoms with Crippen molar-refractivity contribution < 1.29 is 13.6 Å². The molecule has 2 aromatic carbocycles. The van der Waals surface area contributed by atoms with Crippen LogP contribution in [0.5, 0.6) is 0 Å². The van der Waals surface area contributed by atoms with Gasteiger partial charge in [-0.15, -0.1) is 0 Å². The maximum atomic E-state index is 13.8. The van der Waals surface area contributed by atoms with Gasteiger partial charge in [-0.25, -0.2) is 4.39 Å². The summed E-state index contributed by atoms with van der Waals surface area (Å²) in [6.07, 6.45) is -0.0934. The van der Waals surface area contributed by atoms with Crippen molar-refractivity contribution in [3.63, 3.8) is 0 Å². The molecule has 3 aromatic rings. The van der Waals surface area contributed by atoms with Gasteiger partial charge in [0.05, 0.1) is 9.50 Å². The van der Waals surface area contributed by atoms with E-state index in [1.165, 1.54) is 12.1 Å². The Bertz CT molecular complexity index is 841. The molecule has 0 unspecified atom stereocenters. The zero-order chi connectivity index (χ0) is 15.0. The fraction of sp³-hybridized carbons (Fsp3) is 0.0625. The Balaban J connectivity index is 1.94. The lowest BCUT2D eigenvalue weighted by atomic mass is 10.1. The summed E-state index contributed by atoms with van der Waals surface area (Å²) in [6, 6.07) is 11.8. The van der Waals surface area contributed by atoms with E-state index in [-0.39, 0.29) is 28.6 Å². The van der Waals surface area contributed by atoms with Crippen molar-refractivity contribution in [1.82, 2.24) is 0 Å². The molecule has 2 nitrogen and oxygen atoms in total. The van der Waals surface area contributed by atoms with E-state index in [1.807, 2.05) is 18.2 Å². The Hall–Kier alpha value is -1.65. The van der Waals surface area contributed by atoms with E-state index in [2.05, 4.69) is 15.9 Å². The van der Waals surface area contributed by atoms with Crippen molar-refractivity contribution in [3.8, 4) is 0 Å². The summed E-state index contributed by atoms with van der Waals surface area (Å²) >= 11 is 9.08. The lowest BCUT2D eigenvalue weighted by Crippen LogP contribution is -2.04. The number of carbonyl (C=O) groups is 1. The first-order valence-electron chi connectivity index (χ1n) is 6.20. The highest BCUT2D eigenvalue weighted by Crippen LogP contribution is 2.28. The number of Topliss-reactive ketones (excluding diaryl/α,β-unsaturated/α-hetero) is 1. The molecule has 106 valence electrons. The van der Waals surface area contributed by atoms with Gasteiger partial charge in [-0.1, -0.05) is 35.9 Å². The average Bonchev–Trinajstić information content (AvgIpc) is 2.89. The second-order valence-corrected chi connectivity index (χ2v) is 5.84. The summed E-state index contributed by atoms with van der Waals surface area (Å²) in [6.45, 7) is 0. The quantitative estimate of drug-likeness (QED) is 0.579. The fourth-order valence-electron chi connectivity index (χ4n) is 2.11. The lowest BCUT2D eigenvalue weighted by molar-refractivity contribution is 0.0967. The summed E-state index contributed by atoms with van der Waals surface area (Å²) in [7, 11) is 0. The van der Waals surface area contributed by atoms with Gasteiger partial charge in [-0.3, -0.25) is 4.79 Å². The highest BCUT2D eigenvalue weighted by atomic mass is 79.9. The molecule has 0 atom stereocenters. The smallest absolute Gasteiger partial charge is 0.202 e. The zero-order valence-corrected chi connectivity index (χ0v) is 13.0. The predicted octanol–water partition coefficient (Wildman–Crippen LogP) is 5.41. The van der Waals surface area contributed by atoms with Crippen LogP contribution in [0.25, 0.3) is 11.0 Å². The normalized spacial score (nSPS) is 11.0. The lowest BCUT2D eigenvalue weighted by Gasteiger charge is -2.02. The summed E-state index contributed by atoms with van der Waals surface area (Å²) in [5.41, 5.74) is 0.861. The monoisotopic (exact) mass is 366 g/mol. The third-order valence-corrected chi connectivity index (χ3v) is 4.07. The molecular weight excluding hydrogens is 359 g/mol. The number of hydrogen-bond donors (Lipinski definition) is 0. The van der Waals surface area contributed by atoms with Gasteiger partial charge in [0, 0.05) is 11.8 Å². The molecular formula is C16H9BrClFO2. The number of ketones is 1. The van der Waals surface area contributed by atoms with Crippen molar-refractivity contribution in [3.05, 3.63) is 69.1 Å². The van der Waals surface area contributed by atoms with E-state index >= 15 is 0 Å². The highest BCUT2D eigenvalue weighted by molar-refractivity contribution is 9.10. The van der Waals surface area contributed by atoms with Crippen LogP contribution >= 0.6 is 27.5 Å². The van der Waals surface area contributed by atoms with Crippen LogP contribution < -0.4 is 0 Å². The molecule has 3 rings (SSSR count). The summed E-state index contributed by atoms with van der Waals surface area (Å²) in [5.74, 6) is -0.652. The van der Waals surface area contributed by atoms with Crippen LogP contribution in [0.3, 0.4) is 0 Å². The van der Waals surface area contributed by atoms with Gasteiger partial charge in [0.1, 0.15) is 11.4 Å². The van der Waals surface area contributed by atoms with Crippen LogP contribution in [0.15, 0.2) is 51.4 Å². The molecule has 5 heteroatoms. The number of furan rings is 1. The van der Waals surface area contributed by atoms with E-state index in [4.69, 9.17) is 16.0 Å². The third kappa shape index (κ3) is 2.74. The minimum absolute atomic E-state index is 0.00708. The molecule has 0 fully saturated rings. The van der Waals surface area contributed by atoms with E-state index < -0.39 is 5.82 Å². The Labute approximate surface area is 133 Å². The van der Waals surface area contributed by atoms with Crippen molar-refractivity contribution in [2.45, 2.75) is 6.42 Å².